The summed E-state index contributed by atoms with van der Waals surface area (Å²) in [5.74, 6) is -0.318. The Hall–Kier alpha value is -3.54. The van der Waals surface area contributed by atoms with Crippen molar-refractivity contribution in [3.8, 4) is 16.9 Å². The van der Waals surface area contributed by atoms with Gasteiger partial charge in [-0.25, -0.2) is 9.59 Å². The number of alkyl carbamates (subject to hydrolysis) is 1. The van der Waals surface area contributed by atoms with E-state index in [9.17, 15) is 14.7 Å². The van der Waals surface area contributed by atoms with E-state index in [0.717, 1.165) is 40.9 Å². The van der Waals surface area contributed by atoms with Crippen molar-refractivity contribution in [2.75, 3.05) is 6.61 Å². The van der Waals surface area contributed by atoms with E-state index in [4.69, 9.17) is 9.47 Å². The zero-order chi connectivity index (χ0) is 22.6. The van der Waals surface area contributed by atoms with Crippen molar-refractivity contribution in [2.24, 2.45) is 0 Å². The molecule has 0 bridgehead atoms. The average molecular weight is 434 g/mol. The van der Waals surface area contributed by atoms with Gasteiger partial charge in [-0.1, -0.05) is 54.6 Å². The van der Waals surface area contributed by atoms with Crippen LogP contribution in [0.5, 0.6) is 5.75 Å². The van der Waals surface area contributed by atoms with E-state index in [0.29, 0.717) is 6.42 Å². The summed E-state index contributed by atoms with van der Waals surface area (Å²) in [5.41, 5.74) is 3.48. The monoisotopic (exact) mass is 433 g/mol. The minimum atomic E-state index is -1.09. The second-order valence-corrected chi connectivity index (χ2v) is 8.49. The molecule has 6 nitrogen and oxygen atoms in total. The molecule has 6 heteroatoms. The Morgan fingerprint density at radius 3 is 2.69 bits per heavy atom. The van der Waals surface area contributed by atoms with Gasteiger partial charge in [0, 0.05) is 12.8 Å². The first-order valence-electron chi connectivity index (χ1n) is 10.8. The Labute approximate surface area is 187 Å². The number of allylic oxidation sites excluding steroid dienone is 3. The maximum atomic E-state index is 12.3. The van der Waals surface area contributed by atoms with Crippen LogP contribution in [-0.2, 0) is 16.0 Å². The zero-order valence-corrected chi connectivity index (χ0v) is 18.0. The highest BCUT2D eigenvalue weighted by Gasteiger charge is 2.37. The van der Waals surface area contributed by atoms with Gasteiger partial charge in [-0.2, -0.15) is 0 Å². The topological polar surface area (TPSA) is 84.9 Å². The number of nitrogens with one attached hydrogen (secondary N) is 1. The van der Waals surface area contributed by atoms with Crippen LogP contribution in [-0.4, -0.2) is 35.4 Å². The third kappa shape index (κ3) is 5.19. The molecule has 2 unspecified atom stereocenters. The van der Waals surface area contributed by atoms with Crippen LogP contribution in [0.4, 0.5) is 4.79 Å². The molecule has 0 radical (unpaired) electrons. The van der Waals surface area contributed by atoms with Crippen molar-refractivity contribution >= 4 is 12.1 Å². The molecule has 4 rings (SSSR count). The van der Waals surface area contributed by atoms with Crippen molar-refractivity contribution in [2.45, 2.75) is 44.2 Å². The first-order valence-corrected chi connectivity index (χ1v) is 10.8. The van der Waals surface area contributed by atoms with Crippen molar-refractivity contribution in [1.82, 2.24) is 5.32 Å². The fraction of sp³-hybridized carbons (Fsp3) is 0.308. The molecule has 0 aromatic heterocycles. The van der Waals surface area contributed by atoms with E-state index in [2.05, 4.69) is 23.5 Å². The number of carbonyl (C=O) groups is 2. The lowest BCUT2D eigenvalue weighted by Crippen LogP contribution is -2.44. The average Bonchev–Trinajstić information content (AvgIpc) is 3.14. The van der Waals surface area contributed by atoms with Crippen molar-refractivity contribution in [3.05, 3.63) is 77.9 Å². The summed E-state index contributed by atoms with van der Waals surface area (Å²) in [4.78, 5) is 23.9. The van der Waals surface area contributed by atoms with Crippen LogP contribution in [0.1, 0.15) is 31.7 Å². The summed E-state index contributed by atoms with van der Waals surface area (Å²) >= 11 is 0. The lowest BCUT2D eigenvalue weighted by atomic mass is 9.97. The molecule has 0 fully saturated rings. The van der Waals surface area contributed by atoms with Gasteiger partial charge in [0.2, 0.25) is 0 Å². The smallest absolute Gasteiger partial charge is 0.408 e. The lowest BCUT2D eigenvalue weighted by molar-refractivity contribution is -0.139. The fourth-order valence-electron chi connectivity index (χ4n) is 4.07. The van der Waals surface area contributed by atoms with E-state index in [-0.39, 0.29) is 13.0 Å². The number of aliphatic carboxylic acids is 1. The summed E-state index contributed by atoms with van der Waals surface area (Å²) < 4.78 is 11.4. The Morgan fingerprint density at radius 2 is 1.97 bits per heavy atom. The molecule has 32 heavy (non-hydrogen) atoms. The molecule has 0 saturated heterocycles. The van der Waals surface area contributed by atoms with Gasteiger partial charge < -0.3 is 19.9 Å². The van der Waals surface area contributed by atoms with Gasteiger partial charge in [0.1, 0.15) is 24.0 Å². The SMILES string of the molecule is CC1(COC(=O)NC(CC2=CCCC=C2)C(=O)O)Cc2cc(-c3ccccc3)ccc2O1. The van der Waals surface area contributed by atoms with Gasteiger partial charge in [0.05, 0.1) is 0 Å². The Balaban J connectivity index is 1.34. The minimum Gasteiger partial charge on any atom is -0.483 e. The quantitative estimate of drug-likeness (QED) is 0.649. The van der Waals surface area contributed by atoms with Gasteiger partial charge >= 0.3 is 12.1 Å². The van der Waals surface area contributed by atoms with Crippen molar-refractivity contribution in [3.63, 3.8) is 0 Å². The van der Waals surface area contributed by atoms with E-state index >= 15 is 0 Å². The number of ether oxygens (including phenoxy) is 2. The molecule has 2 aromatic carbocycles. The van der Waals surface area contributed by atoms with Crippen LogP contribution >= 0.6 is 0 Å². The molecule has 1 aliphatic heterocycles. The third-order valence-corrected chi connectivity index (χ3v) is 5.70. The highest BCUT2D eigenvalue weighted by molar-refractivity contribution is 5.80. The van der Waals surface area contributed by atoms with Crippen LogP contribution in [0.25, 0.3) is 11.1 Å². The predicted octanol–water partition coefficient (Wildman–Crippen LogP) is 4.89. The number of carboxylic acid groups (broad SMARTS) is 1. The molecule has 2 atom stereocenters. The van der Waals surface area contributed by atoms with Crippen molar-refractivity contribution < 1.29 is 24.2 Å². The Morgan fingerprint density at radius 1 is 1.16 bits per heavy atom. The maximum absolute atomic E-state index is 12.3. The summed E-state index contributed by atoms with van der Waals surface area (Å²) in [6.07, 6.45) is 7.79. The molecular weight excluding hydrogens is 406 g/mol. The molecular formula is C26H27NO5. The second-order valence-electron chi connectivity index (χ2n) is 8.49. The third-order valence-electron chi connectivity index (χ3n) is 5.70. The Bertz CT molecular complexity index is 1060. The molecule has 2 aromatic rings. The summed E-state index contributed by atoms with van der Waals surface area (Å²) in [7, 11) is 0. The molecule has 2 N–H and O–H groups in total. The van der Waals surface area contributed by atoms with Gasteiger partial charge in [0.25, 0.3) is 0 Å². The van der Waals surface area contributed by atoms with Crippen LogP contribution in [0.3, 0.4) is 0 Å². The maximum Gasteiger partial charge on any atom is 0.408 e. The molecule has 166 valence electrons. The predicted molar refractivity (Wildman–Crippen MR) is 122 cm³/mol. The van der Waals surface area contributed by atoms with Crippen LogP contribution in [0, 0.1) is 0 Å². The van der Waals surface area contributed by atoms with Gasteiger partial charge in [-0.3, -0.25) is 0 Å². The molecule has 2 aliphatic rings. The summed E-state index contributed by atoms with van der Waals surface area (Å²) in [5, 5.41) is 11.9. The molecule has 1 aliphatic carbocycles. The fourth-order valence-corrected chi connectivity index (χ4v) is 4.07. The second kappa shape index (κ2) is 9.30. The highest BCUT2D eigenvalue weighted by atomic mass is 16.6. The van der Waals surface area contributed by atoms with E-state index in [1.807, 2.05) is 55.5 Å². The first-order chi connectivity index (χ1) is 15.4. The number of benzene rings is 2. The van der Waals surface area contributed by atoms with Crippen LogP contribution in [0.2, 0.25) is 0 Å². The Kier molecular flexibility index (Phi) is 6.30. The van der Waals surface area contributed by atoms with Crippen molar-refractivity contribution in [1.29, 1.82) is 0 Å². The molecule has 0 spiro atoms. The highest BCUT2D eigenvalue weighted by Crippen LogP contribution is 2.37. The number of fused-ring (bicyclic) bond motifs is 1. The molecule has 0 saturated carbocycles. The number of rotatable bonds is 7. The van der Waals surface area contributed by atoms with E-state index < -0.39 is 23.7 Å². The summed E-state index contributed by atoms with van der Waals surface area (Å²) in [6, 6.07) is 15.1. The number of amides is 1. The van der Waals surface area contributed by atoms with Crippen LogP contribution < -0.4 is 10.1 Å². The number of hydrogen-bond donors (Lipinski definition) is 2. The van der Waals surface area contributed by atoms with E-state index in [1.54, 1.807) is 0 Å². The largest absolute Gasteiger partial charge is 0.483 e. The zero-order valence-electron chi connectivity index (χ0n) is 18.0. The molecule has 1 amide bonds. The first kappa shape index (κ1) is 21.7. The van der Waals surface area contributed by atoms with Gasteiger partial charge in [-0.05, 0) is 54.2 Å². The van der Waals surface area contributed by atoms with Crippen LogP contribution in [0.15, 0.2) is 72.3 Å². The van der Waals surface area contributed by atoms with E-state index in [1.165, 1.54) is 0 Å². The number of carbonyl (C=O) groups excluding carboxylic acids is 1. The normalized spacial score (nSPS) is 20.0. The van der Waals surface area contributed by atoms with Gasteiger partial charge in [0.15, 0.2) is 0 Å². The standard InChI is InChI=1S/C26H27NO5/c1-26(16-21-15-20(12-13-23(21)32-26)19-10-6-3-7-11-19)17-31-25(30)27-22(24(28)29)14-18-8-4-2-5-9-18/h3-4,6-13,15,22H,2,5,14,16-17H2,1H3,(H,27,30)(H,28,29). The van der Waals surface area contributed by atoms with Gasteiger partial charge in [-0.15, -0.1) is 0 Å². The molecule has 1 heterocycles. The lowest BCUT2D eigenvalue weighted by Gasteiger charge is -2.24. The number of hydrogen-bond acceptors (Lipinski definition) is 4. The number of carboxylic acids is 1. The minimum absolute atomic E-state index is 0.0170. The summed E-state index contributed by atoms with van der Waals surface area (Å²) in [6.45, 7) is 1.90.